The minimum atomic E-state index is -5.31. The molecule has 4 heterocycles. The number of aromatic carboxylic acids is 1. The zero-order valence-electron chi connectivity index (χ0n) is 44.5. The normalized spacial score (nSPS) is 12.0. The van der Waals surface area contributed by atoms with Crippen molar-refractivity contribution in [1.29, 1.82) is 0 Å². The third-order valence-corrected chi connectivity index (χ3v) is 10.8. The molecular formula is C50H51F6N13O13. The van der Waals surface area contributed by atoms with Crippen molar-refractivity contribution >= 4 is 93.0 Å². The largest absolute Gasteiger partial charge is 0.478 e. The lowest BCUT2D eigenvalue weighted by Crippen LogP contribution is -2.42. The van der Waals surface area contributed by atoms with Gasteiger partial charge in [0.25, 0.3) is 17.0 Å². The van der Waals surface area contributed by atoms with Crippen LogP contribution in [0.1, 0.15) is 93.4 Å². The van der Waals surface area contributed by atoms with E-state index in [1.807, 2.05) is 0 Å². The van der Waals surface area contributed by atoms with E-state index in [1.54, 1.807) is 48.5 Å². The maximum Gasteiger partial charge on any atom is 0.471 e. The van der Waals surface area contributed by atoms with Crippen LogP contribution in [-0.4, -0.2) is 124 Å². The lowest BCUT2D eigenvalue weighted by molar-refractivity contribution is -0.170. The number of alkyl halides is 6. The maximum atomic E-state index is 13.6. The average molecular weight is 1160 g/mol. The third-order valence-electron chi connectivity index (χ3n) is 10.8. The number of nitrogens with one attached hydrogen (secondary N) is 5. The molecule has 0 radical (unpaired) electrons. The summed E-state index contributed by atoms with van der Waals surface area (Å²) >= 11 is 0. The Morgan fingerprint density at radius 2 is 1.04 bits per heavy atom. The number of benzene rings is 2. The van der Waals surface area contributed by atoms with Crippen molar-refractivity contribution in [2.75, 3.05) is 27.5 Å². The van der Waals surface area contributed by atoms with Crippen LogP contribution in [-0.2, 0) is 51.3 Å². The molecule has 2 aromatic carbocycles. The van der Waals surface area contributed by atoms with Gasteiger partial charge >= 0.3 is 42.1 Å². The van der Waals surface area contributed by atoms with Gasteiger partial charge in [-0.2, -0.15) is 36.3 Å². The number of rotatable bonds is 17. The standard InChI is InChI=1S/C30H34F3N7O8.C20H17F3N6O5/c1-15(2)23(42)38-28-37-22-21(25(44)39-28)35-17(13-34-22)14-40(27(46)30(31,32)33)18-9-7-16(8-10-18)24(43)36-19(26(45)47-6)11-12-20(41)48-29(3,4)5;1-9(2)15(30)27-19-26-14-13(16(31)28-19)25-11(7-24-14)8-29(18(34)20(21,22)23)12-5-3-10(4-6-12)17(32)33/h7-10,13,15,19H,11-12,14H2,1-6H3,(H,36,43)(H2,34,37,38,39,42,44);3-7,9H,8H2,1-2H3,(H,32,33)(H2,24,26,27,28,30,31)/t19-;/m0./s1. The fraction of sp³-hybridized carbons (Fsp3) is 0.360. The molecule has 0 aliphatic rings. The van der Waals surface area contributed by atoms with E-state index in [0.29, 0.717) is 9.80 Å². The van der Waals surface area contributed by atoms with Gasteiger partial charge < -0.3 is 19.9 Å². The summed E-state index contributed by atoms with van der Waals surface area (Å²) in [5, 5.41) is 16.2. The number of amides is 5. The Morgan fingerprint density at radius 3 is 1.39 bits per heavy atom. The number of aromatic amines is 2. The second-order valence-corrected chi connectivity index (χ2v) is 19.0. The molecule has 0 spiro atoms. The van der Waals surface area contributed by atoms with Crippen LogP contribution in [0.3, 0.4) is 0 Å². The first-order valence-electron chi connectivity index (χ1n) is 24.1. The van der Waals surface area contributed by atoms with Crippen LogP contribution >= 0.6 is 0 Å². The number of halogens is 6. The van der Waals surface area contributed by atoms with Gasteiger partial charge in [-0.25, -0.2) is 29.5 Å². The molecule has 0 unspecified atom stereocenters. The first-order valence-corrected chi connectivity index (χ1v) is 24.1. The highest BCUT2D eigenvalue weighted by Gasteiger charge is 2.44. The van der Waals surface area contributed by atoms with E-state index in [1.165, 1.54) is 0 Å². The van der Waals surface area contributed by atoms with Gasteiger partial charge in [-0.1, -0.05) is 27.7 Å². The number of esters is 2. The maximum absolute atomic E-state index is 13.6. The van der Waals surface area contributed by atoms with Crippen molar-refractivity contribution in [2.24, 2.45) is 11.8 Å². The van der Waals surface area contributed by atoms with Crippen molar-refractivity contribution in [1.82, 2.24) is 45.2 Å². The second kappa shape index (κ2) is 26.0. The predicted octanol–water partition coefficient (Wildman–Crippen LogP) is 4.90. The molecule has 4 aromatic heterocycles. The average Bonchev–Trinajstić information content (AvgIpc) is 3.61. The van der Waals surface area contributed by atoms with E-state index in [0.717, 1.165) is 68.0 Å². The summed E-state index contributed by atoms with van der Waals surface area (Å²) in [6.07, 6.45) is -8.88. The van der Waals surface area contributed by atoms with E-state index in [4.69, 9.17) is 14.6 Å². The zero-order chi connectivity index (χ0) is 61.2. The number of H-pyrrole nitrogens is 2. The summed E-state index contributed by atoms with van der Waals surface area (Å²) in [6.45, 7) is 9.98. The van der Waals surface area contributed by atoms with Gasteiger partial charge in [0.1, 0.15) is 11.6 Å². The fourth-order valence-corrected chi connectivity index (χ4v) is 6.76. The van der Waals surface area contributed by atoms with Crippen LogP contribution in [0.2, 0.25) is 0 Å². The van der Waals surface area contributed by atoms with Gasteiger partial charge in [0.2, 0.25) is 23.7 Å². The Bertz CT molecular complexity index is 3530. The molecule has 6 rings (SSSR count). The molecule has 0 fully saturated rings. The smallest absolute Gasteiger partial charge is 0.471 e. The minimum Gasteiger partial charge on any atom is -0.478 e. The Hall–Kier alpha value is -9.78. The minimum absolute atomic E-state index is 0.0900. The van der Waals surface area contributed by atoms with Crippen molar-refractivity contribution in [3.8, 4) is 0 Å². The number of nitrogens with zero attached hydrogens (tertiary/aromatic N) is 8. The highest BCUT2D eigenvalue weighted by atomic mass is 19.4. The Balaban J connectivity index is 0.000000318. The number of ether oxygens (including phenoxy) is 2. The molecule has 6 N–H and O–H groups in total. The van der Waals surface area contributed by atoms with Gasteiger partial charge in [0.05, 0.1) is 49.5 Å². The summed E-state index contributed by atoms with van der Waals surface area (Å²) < 4.78 is 90.4. The van der Waals surface area contributed by atoms with Gasteiger partial charge in [0.15, 0.2) is 22.3 Å². The summed E-state index contributed by atoms with van der Waals surface area (Å²) in [7, 11) is 1.09. The molecule has 0 saturated carbocycles. The van der Waals surface area contributed by atoms with E-state index < -0.39 is 107 Å². The van der Waals surface area contributed by atoms with Crippen LogP contribution in [0.25, 0.3) is 22.3 Å². The Labute approximate surface area is 458 Å². The Kier molecular flexibility index (Phi) is 20.0. The van der Waals surface area contributed by atoms with E-state index in [9.17, 15) is 74.3 Å². The van der Waals surface area contributed by atoms with Crippen LogP contribution in [0, 0.1) is 11.8 Å². The fourth-order valence-electron chi connectivity index (χ4n) is 6.76. The molecule has 82 heavy (non-hydrogen) atoms. The van der Waals surface area contributed by atoms with Gasteiger partial charge in [0, 0.05) is 35.2 Å². The summed E-state index contributed by atoms with van der Waals surface area (Å²) in [5.41, 5.74) is -4.65. The molecule has 5 amide bonds. The number of carboxylic acids is 1. The Morgan fingerprint density at radius 1 is 0.634 bits per heavy atom. The number of methoxy groups -OCH3 is 1. The summed E-state index contributed by atoms with van der Waals surface area (Å²) in [5.74, 6) is -10.1. The first kappa shape index (κ1) is 63.1. The van der Waals surface area contributed by atoms with E-state index in [-0.39, 0.29) is 81.0 Å². The molecule has 0 bridgehead atoms. The SMILES string of the molecule is CC(C)C(=O)Nc1nc2ncc(CN(C(=O)C(F)(F)F)c3ccc(C(=O)O)cc3)nc2c(=O)[nH]1.COC(=O)[C@H](CCC(=O)OC(C)(C)C)NC(=O)c1ccc(N(Cc2cnc3nc(NC(=O)C(C)C)[nH]c(=O)c3n2)C(=O)C(F)(F)F)cc1. The zero-order valence-corrected chi connectivity index (χ0v) is 44.5. The van der Waals surface area contributed by atoms with Crippen LogP contribution in [0.5, 0.6) is 0 Å². The number of aromatic nitrogens is 8. The molecule has 0 aliphatic heterocycles. The number of carbonyl (C=O) groups is 8. The van der Waals surface area contributed by atoms with Gasteiger partial charge in [-0.05, 0) is 75.7 Å². The van der Waals surface area contributed by atoms with E-state index >= 15 is 0 Å². The van der Waals surface area contributed by atoms with Crippen molar-refractivity contribution in [3.05, 3.63) is 104 Å². The number of hydrogen-bond donors (Lipinski definition) is 6. The van der Waals surface area contributed by atoms with Gasteiger partial charge in [-0.15, -0.1) is 0 Å². The lowest BCUT2D eigenvalue weighted by atomic mass is 10.1. The molecule has 32 heteroatoms. The molecular weight excluding hydrogens is 1100 g/mol. The summed E-state index contributed by atoms with van der Waals surface area (Å²) in [6, 6.07) is 7.31. The highest BCUT2D eigenvalue weighted by Crippen LogP contribution is 2.28. The number of carboxylic acid groups (broad SMARTS) is 1. The van der Waals surface area contributed by atoms with Gasteiger partial charge in [-0.3, -0.25) is 68.8 Å². The quantitative estimate of drug-likeness (QED) is 0.0522. The summed E-state index contributed by atoms with van der Waals surface area (Å²) in [4.78, 5) is 151. The molecule has 436 valence electrons. The van der Waals surface area contributed by atoms with Crippen LogP contribution in [0.4, 0.5) is 49.6 Å². The molecule has 0 saturated heterocycles. The molecule has 6 aromatic rings. The number of fused-ring (bicyclic) bond motifs is 2. The molecule has 1 atom stereocenters. The van der Waals surface area contributed by atoms with Crippen molar-refractivity contribution in [3.63, 3.8) is 0 Å². The monoisotopic (exact) mass is 1160 g/mol. The number of carbonyl (C=O) groups excluding carboxylic acids is 7. The van der Waals surface area contributed by atoms with Crippen LogP contribution in [0.15, 0.2) is 70.5 Å². The first-order chi connectivity index (χ1) is 38.1. The van der Waals surface area contributed by atoms with E-state index in [2.05, 4.69) is 55.8 Å². The molecule has 0 aliphatic carbocycles. The molecule has 26 nitrogen and oxygen atoms in total. The van der Waals surface area contributed by atoms with Crippen molar-refractivity contribution < 1.29 is 79.3 Å². The predicted molar refractivity (Wildman–Crippen MR) is 276 cm³/mol. The second-order valence-electron chi connectivity index (χ2n) is 19.0. The lowest BCUT2D eigenvalue weighted by Gasteiger charge is -2.24. The third kappa shape index (κ3) is 17.1. The van der Waals surface area contributed by atoms with Crippen LogP contribution < -0.4 is 36.9 Å². The highest BCUT2D eigenvalue weighted by molar-refractivity contribution is 6.00. The number of anilines is 4. The topological polar surface area (TPSA) is 361 Å². The number of hydrogen-bond acceptors (Lipinski definition) is 18. The van der Waals surface area contributed by atoms with Crippen molar-refractivity contribution in [2.45, 2.75) is 98.4 Å².